The van der Waals surface area contributed by atoms with Crippen molar-refractivity contribution < 1.29 is 14.6 Å². The van der Waals surface area contributed by atoms with Crippen molar-refractivity contribution in [3.8, 4) is 0 Å². The maximum absolute atomic E-state index is 12.1. The van der Waals surface area contributed by atoms with E-state index in [1.54, 1.807) is 0 Å². The summed E-state index contributed by atoms with van der Waals surface area (Å²) in [7, 11) is 0. The number of aliphatic hydroxyl groups is 1. The number of unbranched alkanes of at least 4 members (excludes halogenated alkanes) is 1. The van der Waals surface area contributed by atoms with Gasteiger partial charge in [0.05, 0.1) is 6.10 Å². The van der Waals surface area contributed by atoms with Gasteiger partial charge in [0.2, 0.25) is 5.91 Å². The number of rotatable bonds is 7. The molecule has 2 unspecified atom stereocenters. The Bertz CT molecular complexity index is 294. The van der Waals surface area contributed by atoms with E-state index >= 15 is 0 Å². The second-order valence-corrected chi connectivity index (χ2v) is 5.53. The normalized spacial score (nSPS) is 29.7. The zero-order chi connectivity index (χ0) is 13.8. The molecule has 0 saturated heterocycles. The van der Waals surface area contributed by atoms with Gasteiger partial charge in [-0.3, -0.25) is 4.79 Å². The molecule has 0 aromatic rings. The summed E-state index contributed by atoms with van der Waals surface area (Å²) in [5.74, 6) is -0.110. The third-order valence-corrected chi connectivity index (χ3v) is 4.11. The van der Waals surface area contributed by atoms with Gasteiger partial charge in [-0.2, -0.15) is 0 Å². The molecule has 5 nitrogen and oxygen atoms in total. The molecule has 2 atom stereocenters. The molecule has 1 amide bonds. The summed E-state index contributed by atoms with van der Waals surface area (Å²) in [4.78, 5) is 12.1. The van der Waals surface area contributed by atoms with Crippen LogP contribution in [0.15, 0.2) is 0 Å². The lowest BCUT2D eigenvalue weighted by atomic mass is 9.54. The average Bonchev–Trinajstić information content (AvgIpc) is 2.33. The molecule has 0 aromatic heterocycles. The van der Waals surface area contributed by atoms with Gasteiger partial charge < -0.3 is 20.9 Å². The van der Waals surface area contributed by atoms with Gasteiger partial charge in [0.15, 0.2) is 0 Å². The van der Waals surface area contributed by atoms with Crippen LogP contribution in [0.2, 0.25) is 0 Å². The summed E-state index contributed by atoms with van der Waals surface area (Å²) in [6.07, 6.45) is 2.09. The van der Waals surface area contributed by atoms with E-state index in [-0.39, 0.29) is 24.0 Å². The van der Waals surface area contributed by atoms with Crippen LogP contribution in [0.4, 0.5) is 0 Å². The Balaban J connectivity index is 2.48. The number of hydrogen-bond acceptors (Lipinski definition) is 4. The summed E-state index contributed by atoms with van der Waals surface area (Å²) in [6, 6.07) is 0. The Morgan fingerprint density at radius 2 is 2.17 bits per heavy atom. The van der Waals surface area contributed by atoms with Crippen LogP contribution in [-0.4, -0.2) is 42.4 Å². The Kier molecular flexibility index (Phi) is 5.13. The van der Waals surface area contributed by atoms with Crippen LogP contribution in [0.1, 0.15) is 40.0 Å². The summed E-state index contributed by atoms with van der Waals surface area (Å²) >= 11 is 0. The largest absolute Gasteiger partial charge is 0.396 e. The Morgan fingerprint density at radius 3 is 2.67 bits per heavy atom. The van der Waals surface area contributed by atoms with E-state index in [9.17, 15) is 4.79 Å². The number of aliphatic hydroxyl groups excluding tert-OH is 1. The van der Waals surface area contributed by atoms with Gasteiger partial charge in [0.25, 0.3) is 0 Å². The second kappa shape index (κ2) is 5.99. The zero-order valence-corrected chi connectivity index (χ0v) is 11.7. The summed E-state index contributed by atoms with van der Waals surface area (Å²) in [6.45, 7) is 7.26. The first-order valence-electron chi connectivity index (χ1n) is 6.69. The van der Waals surface area contributed by atoms with E-state index in [0.29, 0.717) is 26.0 Å². The minimum atomic E-state index is -0.841. The summed E-state index contributed by atoms with van der Waals surface area (Å²) < 4.78 is 5.59. The van der Waals surface area contributed by atoms with Crippen LogP contribution in [0.5, 0.6) is 0 Å². The van der Waals surface area contributed by atoms with Crippen LogP contribution in [0, 0.1) is 5.41 Å². The first-order valence-corrected chi connectivity index (χ1v) is 6.69. The van der Waals surface area contributed by atoms with Crippen LogP contribution in [0.3, 0.4) is 0 Å². The van der Waals surface area contributed by atoms with Crippen molar-refractivity contribution >= 4 is 5.91 Å². The number of nitrogens with one attached hydrogen (secondary N) is 1. The number of nitrogens with two attached hydrogens (primary N) is 1. The molecule has 1 aliphatic carbocycles. The van der Waals surface area contributed by atoms with Crippen molar-refractivity contribution in [3.05, 3.63) is 0 Å². The highest BCUT2D eigenvalue weighted by Crippen LogP contribution is 2.49. The third-order valence-electron chi connectivity index (χ3n) is 4.11. The number of ether oxygens (including phenoxy) is 1. The topological polar surface area (TPSA) is 84.6 Å². The van der Waals surface area contributed by atoms with Crippen LogP contribution in [0.25, 0.3) is 0 Å². The van der Waals surface area contributed by atoms with E-state index < -0.39 is 5.54 Å². The Morgan fingerprint density at radius 1 is 1.50 bits per heavy atom. The molecule has 0 bridgehead atoms. The van der Waals surface area contributed by atoms with Crippen molar-refractivity contribution in [2.45, 2.75) is 51.7 Å². The molecule has 0 radical (unpaired) electrons. The molecule has 0 spiro atoms. The zero-order valence-electron chi connectivity index (χ0n) is 11.7. The first kappa shape index (κ1) is 15.4. The van der Waals surface area contributed by atoms with Gasteiger partial charge in [-0.25, -0.2) is 0 Å². The van der Waals surface area contributed by atoms with E-state index in [0.717, 1.165) is 6.42 Å². The molecular formula is C13H26N2O3. The lowest BCUT2D eigenvalue weighted by Crippen LogP contribution is -2.75. The molecule has 1 saturated carbocycles. The molecular weight excluding hydrogens is 232 g/mol. The molecule has 5 heteroatoms. The minimum absolute atomic E-state index is 0.0516. The molecule has 106 valence electrons. The number of hydrogen-bond donors (Lipinski definition) is 3. The number of amides is 1. The standard InChI is InChI=1S/C13H26N2O3/c1-4-18-10-9-13(14,12(10,2)3)11(17)15-7-5-6-8-16/h10,16H,4-9,14H2,1-3H3,(H,15,17). The fourth-order valence-electron chi connectivity index (χ4n) is 2.42. The molecule has 1 rings (SSSR count). The van der Waals surface area contributed by atoms with Gasteiger partial charge in [-0.1, -0.05) is 13.8 Å². The Labute approximate surface area is 109 Å². The van der Waals surface area contributed by atoms with Crippen molar-refractivity contribution in [2.24, 2.45) is 11.1 Å². The first-order chi connectivity index (χ1) is 8.40. The van der Waals surface area contributed by atoms with Crippen molar-refractivity contribution in [2.75, 3.05) is 19.8 Å². The van der Waals surface area contributed by atoms with Gasteiger partial charge in [-0.15, -0.1) is 0 Å². The Hall–Kier alpha value is -0.650. The lowest BCUT2D eigenvalue weighted by molar-refractivity contribution is -0.170. The molecule has 1 aliphatic rings. The van der Waals surface area contributed by atoms with Gasteiger partial charge in [-0.05, 0) is 19.8 Å². The summed E-state index contributed by atoms with van der Waals surface area (Å²) in [5.41, 5.74) is 5.03. The lowest BCUT2D eigenvalue weighted by Gasteiger charge is -2.57. The molecule has 0 aromatic carbocycles. The van der Waals surface area contributed by atoms with Crippen molar-refractivity contribution in [1.29, 1.82) is 0 Å². The van der Waals surface area contributed by atoms with Crippen LogP contribution >= 0.6 is 0 Å². The molecule has 0 aliphatic heterocycles. The maximum atomic E-state index is 12.1. The third kappa shape index (κ3) is 2.68. The average molecular weight is 258 g/mol. The monoisotopic (exact) mass is 258 g/mol. The van der Waals surface area contributed by atoms with Crippen molar-refractivity contribution in [1.82, 2.24) is 5.32 Å². The predicted molar refractivity (Wildman–Crippen MR) is 70.1 cm³/mol. The molecule has 18 heavy (non-hydrogen) atoms. The highest BCUT2D eigenvalue weighted by molar-refractivity contribution is 5.88. The van der Waals surface area contributed by atoms with Gasteiger partial charge in [0.1, 0.15) is 5.54 Å². The highest BCUT2D eigenvalue weighted by atomic mass is 16.5. The quantitative estimate of drug-likeness (QED) is 0.577. The fourth-order valence-corrected chi connectivity index (χ4v) is 2.42. The maximum Gasteiger partial charge on any atom is 0.240 e. The van der Waals surface area contributed by atoms with Gasteiger partial charge in [0, 0.05) is 31.6 Å². The highest BCUT2D eigenvalue weighted by Gasteiger charge is 2.62. The smallest absolute Gasteiger partial charge is 0.240 e. The predicted octanol–water partition coefficient (Wildman–Crippen LogP) is 0.408. The van der Waals surface area contributed by atoms with E-state index in [1.165, 1.54) is 0 Å². The van der Waals surface area contributed by atoms with E-state index in [1.807, 2.05) is 20.8 Å². The second-order valence-electron chi connectivity index (χ2n) is 5.53. The SMILES string of the molecule is CCOC1CC(N)(C(=O)NCCCCO)C1(C)C. The summed E-state index contributed by atoms with van der Waals surface area (Å²) in [5, 5.41) is 11.5. The van der Waals surface area contributed by atoms with Crippen molar-refractivity contribution in [3.63, 3.8) is 0 Å². The van der Waals surface area contributed by atoms with E-state index in [2.05, 4.69) is 5.32 Å². The van der Waals surface area contributed by atoms with Gasteiger partial charge >= 0.3 is 0 Å². The molecule has 4 N–H and O–H groups in total. The van der Waals surface area contributed by atoms with Crippen LogP contribution in [-0.2, 0) is 9.53 Å². The number of carbonyl (C=O) groups is 1. The number of carbonyl (C=O) groups excluding carboxylic acids is 1. The van der Waals surface area contributed by atoms with Crippen LogP contribution < -0.4 is 11.1 Å². The fraction of sp³-hybridized carbons (Fsp3) is 0.923. The molecule has 0 heterocycles. The minimum Gasteiger partial charge on any atom is -0.396 e. The molecule has 1 fully saturated rings. The van der Waals surface area contributed by atoms with E-state index in [4.69, 9.17) is 15.6 Å².